The van der Waals surface area contributed by atoms with Crippen molar-refractivity contribution < 1.29 is 27.1 Å². The summed E-state index contributed by atoms with van der Waals surface area (Å²) in [4.78, 5) is 41.7. The first kappa shape index (κ1) is 23.6. The van der Waals surface area contributed by atoms with Gasteiger partial charge in [-0.15, -0.1) is 35.8 Å². The molecule has 3 heterocycles. The van der Waals surface area contributed by atoms with Crippen molar-refractivity contribution in [3.63, 3.8) is 0 Å². The molecule has 1 amide bonds. The van der Waals surface area contributed by atoms with Crippen LogP contribution >= 0.6 is 22.7 Å². The summed E-state index contributed by atoms with van der Waals surface area (Å²) >= 11 is 2.21. The second kappa shape index (κ2) is 8.68. The summed E-state index contributed by atoms with van der Waals surface area (Å²) in [7, 11) is 2.89. The summed E-state index contributed by atoms with van der Waals surface area (Å²) in [6, 6.07) is 2.90. The molecule has 1 N–H and O–H groups in total. The lowest BCUT2D eigenvalue weighted by atomic mass is 10.1. The molecule has 0 spiro atoms. The highest BCUT2D eigenvalue weighted by Crippen LogP contribution is 2.31. The number of carbonyl (C=O) groups is 1. The molecular formula is C20H14F4N4O4S2. The van der Waals surface area contributed by atoms with Gasteiger partial charge in [0.05, 0.1) is 17.5 Å². The SMILES string of the molecule is Cn1c(=O)c2c(CC(=O)Nc3nc(-c4ccc(OC(F)(F)F)c(F)c4)cs3)csc2n(C)c1=O. The number of ether oxygens (including phenoxy) is 1. The molecule has 34 heavy (non-hydrogen) atoms. The molecule has 0 fully saturated rings. The first-order valence-electron chi connectivity index (χ1n) is 9.41. The fraction of sp³-hybridized carbons (Fsp3) is 0.200. The van der Waals surface area contributed by atoms with E-state index in [1.165, 1.54) is 41.4 Å². The Labute approximate surface area is 195 Å². The highest BCUT2D eigenvalue weighted by molar-refractivity contribution is 7.17. The highest BCUT2D eigenvalue weighted by atomic mass is 32.1. The van der Waals surface area contributed by atoms with E-state index in [1.54, 1.807) is 5.38 Å². The third kappa shape index (κ3) is 4.59. The minimum Gasteiger partial charge on any atom is -0.403 e. The first-order valence-corrected chi connectivity index (χ1v) is 11.2. The Morgan fingerprint density at radius 2 is 1.88 bits per heavy atom. The van der Waals surface area contributed by atoms with Crippen LogP contribution in [0.5, 0.6) is 5.75 Å². The number of carbonyl (C=O) groups excluding carboxylic acids is 1. The van der Waals surface area contributed by atoms with Crippen molar-refractivity contribution in [1.29, 1.82) is 0 Å². The maximum atomic E-state index is 14.0. The molecule has 0 bridgehead atoms. The molecule has 4 rings (SSSR count). The Kier molecular flexibility index (Phi) is 6.03. The van der Waals surface area contributed by atoms with Crippen LogP contribution in [-0.2, 0) is 25.3 Å². The lowest BCUT2D eigenvalue weighted by Crippen LogP contribution is -2.36. The second-order valence-electron chi connectivity index (χ2n) is 7.10. The molecule has 0 aliphatic rings. The van der Waals surface area contributed by atoms with Crippen LogP contribution in [-0.4, -0.2) is 26.4 Å². The number of nitrogens with zero attached hydrogens (tertiary/aromatic N) is 3. The zero-order valence-electron chi connectivity index (χ0n) is 17.4. The molecular weight excluding hydrogens is 500 g/mol. The van der Waals surface area contributed by atoms with E-state index in [2.05, 4.69) is 15.0 Å². The van der Waals surface area contributed by atoms with Gasteiger partial charge in [0.2, 0.25) is 5.91 Å². The summed E-state index contributed by atoms with van der Waals surface area (Å²) in [6.07, 6.45) is -5.17. The van der Waals surface area contributed by atoms with Crippen LogP contribution in [0.2, 0.25) is 0 Å². The number of amides is 1. The molecule has 0 saturated heterocycles. The van der Waals surface area contributed by atoms with Gasteiger partial charge in [-0.05, 0) is 29.1 Å². The maximum Gasteiger partial charge on any atom is 0.573 e. The number of hydrogen-bond donors (Lipinski definition) is 1. The predicted molar refractivity (Wildman–Crippen MR) is 119 cm³/mol. The normalized spacial score (nSPS) is 11.7. The molecule has 14 heteroatoms. The molecule has 0 aliphatic carbocycles. The molecule has 0 radical (unpaired) electrons. The van der Waals surface area contributed by atoms with Gasteiger partial charge in [0.1, 0.15) is 4.83 Å². The lowest BCUT2D eigenvalue weighted by Gasteiger charge is -2.10. The van der Waals surface area contributed by atoms with E-state index < -0.39 is 35.1 Å². The first-order chi connectivity index (χ1) is 15.9. The van der Waals surface area contributed by atoms with Gasteiger partial charge in [-0.3, -0.25) is 18.7 Å². The van der Waals surface area contributed by atoms with E-state index in [4.69, 9.17) is 0 Å². The Balaban J connectivity index is 1.51. The molecule has 0 saturated carbocycles. The van der Waals surface area contributed by atoms with Gasteiger partial charge in [-0.1, -0.05) is 0 Å². The minimum absolute atomic E-state index is 0.152. The van der Waals surface area contributed by atoms with Crippen LogP contribution < -0.4 is 21.3 Å². The van der Waals surface area contributed by atoms with Crippen LogP contribution in [0.15, 0.2) is 38.5 Å². The van der Waals surface area contributed by atoms with E-state index in [0.717, 1.165) is 28.0 Å². The Hall–Kier alpha value is -3.52. The van der Waals surface area contributed by atoms with Crippen molar-refractivity contribution in [2.75, 3.05) is 5.32 Å². The van der Waals surface area contributed by atoms with Crippen LogP contribution in [0.3, 0.4) is 0 Å². The minimum atomic E-state index is -5.02. The van der Waals surface area contributed by atoms with E-state index >= 15 is 0 Å². The number of thiophene rings is 1. The summed E-state index contributed by atoms with van der Waals surface area (Å²) < 4.78 is 56.8. The third-order valence-corrected chi connectivity index (χ3v) is 6.66. The largest absolute Gasteiger partial charge is 0.573 e. The molecule has 178 valence electrons. The highest BCUT2D eigenvalue weighted by Gasteiger charge is 2.32. The summed E-state index contributed by atoms with van der Waals surface area (Å²) in [6.45, 7) is 0. The van der Waals surface area contributed by atoms with Crippen LogP contribution in [0, 0.1) is 5.82 Å². The van der Waals surface area contributed by atoms with Crippen molar-refractivity contribution in [2.24, 2.45) is 14.1 Å². The van der Waals surface area contributed by atoms with Gasteiger partial charge in [-0.2, -0.15) is 0 Å². The monoisotopic (exact) mass is 514 g/mol. The van der Waals surface area contributed by atoms with Crippen LogP contribution in [0.25, 0.3) is 21.5 Å². The Morgan fingerprint density at radius 3 is 2.56 bits per heavy atom. The van der Waals surface area contributed by atoms with E-state index in [9.17, 15) is 31.9 Å². The van der Waals surface area contributed by atoms with Gasteiger partial charge in [0.25, 0.3) is 5.56 Å². The number of nitrogens with one attached hydrogen (secondary N) is 1. The third-order valence-electron chi connectivity index (χ3n) is 4.80. The number of anilines is 1. The number of halogens is 4. The van der Waals surface area contributed by atoms with Gasteiger partial charge < -0.3 is 10.1 Å². The van der Waals surface area contributed by atoms with Crippen molar-refractivity contribution >= 4 is 43.9 Å². The molecule has 8 nitrogen and oxygen atoms in total. The van der Waals surface area contributed by atoms with Gasteiger partial charge in [0, 0.05) is 25.0 Å². The number of alkyl halides is 3. The van der Waals surface area contributed by atoms with Gasteiger partial charge in [-0.25, -0.2) is 14.2 Å². The van der Waals surface area contributed by atoms with E-state index in [1.807, 2.05) is 0 Å². The zero-order chi connectivity index (χ0) is 24.8. The summed E-state index contributed by atoms with van der Waals surface area (Å²) in [5.41, 5.74) is -0.0915. The van der Waals surface area contributed by atoms with Crippen LogP contribution in [0.1, 0.15) is 5.56 Å². The Bertz CT molecular complexity index is 1530. The zero-order valence-corrected chi connectivity index (χ0v) is 19.0. The number of fused-ring (bicyclic) bond motifs is 1. The molecule has 1 aromatic carbocycles. The number of aromatic nitrogens is 3. The van der Waals surface area contributed by atoms with Crippen LogP contribution in [0.4, 0.5) is 22.7 Å². The van der Waals surface area contributed by atoms with Crippen molar-refractivity contribution in [2.45, 2.75) is 12.8 Å². The van der Waals surface area contributed by atoms with Crippen molar-refractivity contribution in [3.05, 3.63) is 61.2 Å². The maximum absolute atomic E-state index is 14.0. The summed E-state index contributed by atoms with van der Waals surface area (Å²) in [5, 5.41) is 6.17. The molecule has 0 unspecified atom stereocenters. The topological polar surface area (TPSA) is 95.2 Å². The summed E-state index contributed by atoms with van der Waals surface area (Å²) in [5.74, 6) is -2.66. The average Bonchev–Trinajstić information content (AvgIpc) is 3.38. The quantitative estimate of drug-likeness (QED) is 0.411. The van der Waals surface area contributed by atoms with Crippen molar-refractivity contribution in [3.8, 4) is 17.0 Å². The van der Waals surface area contributed by atoms with E-state index in [0.29, 0.717) is 10.4 Å². The van der Waals surface area contributed by atoms with Crippen molar-refractivity contribution in [1.82, 2.24) is 14.1 Å². The second-order valence-corrected chi connectivity index (χ2v) is 8.82. The average molecular weight is 514 g/mol. The number of aryl methyl sites for hydroxylation is 1. The smallest absolute Gasteiger partial charge is 0.403 e. The molecule has 4 aromatic rings. The predicted octanol–water partition coefficient (Wildman–Crippen LogP) is 3.64. The fourth-order valence-corrected chi connectivity index (χ4v) is 4.99. The molecule has 0 atom stereocenters. The number of thiazole rings is 1. The number of benzene rings is 1. The number of hydrogen-bond acceptors (Lipinski definition) is 7. The van der Waals surface area contributed by atoms with E-state index in [-0.39, 0.29) is 28.2 Å². The lowest BCUT2D eigenvalue weighted by molar-refractivity contribution is -0.275. The molecule has 0 aliphatic heterocycles. The van der Waals surface area contributed by atoms with Gasteiger partial charge >= 0.3 is 12.1 Å². The standard InChI is InChI=1S/C20H14F4N4O4S2/c1-27-16(30)15-10(7-33-17(15)28(2)19(27)31)6-14(29)26-18-25-12(8-34-18)9-3-4-13(11(21)5-9)32-20(22,23)24/h3-5,7-8H,6H2,1-2H3,(H,25,26,29). The number of rotatable bonds is 5. The Morgan fingerprint density at radius 1 is 1.15 bits per heavy atom. The molecule has 3 aromatic heterocycles. The fourth-order valence-electron chi connectivity index (χ4n) is 3.22. The van der Waals surface area contributed by atoms with Gasteiger partial charge in [0.15, 0.2) is 16.7 Å².